The van der Waals surface area contributed by atoms with Gasteiger partial charge in [-0.15, -0.1) is 44.2 Å². The number of hydrogen-bond donors (Lipinski definition) is 6. The van der Waals surface area contributed by atoms with Gasteiger partial charge in [0.25, 0.3) is 11.8 Å². The summed E-state index contributed by atoms with van der Waals surface area (Å²) in [6.07, 6.45) is 8.15. The molecule has 1 aliphatic carbocycles. The van der Waals surface area contributed by atoms with Gasteiger partial charge in [0.2, 0.25) is 16.2 Å². The summed E-state index contributed by atoms with van der Waals surface area (Å²) in [5, 5.41) is 30.1. The van der Waals surface area contributed by atoms with Gasteiger partial charge in [-0.25, -0.2) is 15.0 Å². The SMILES string of the molecule is CC(NC(=O)C1CCN(CCNC(=O)c2ccc(-c3csc(-n4[nH]c(-c5ccccc5)c(N=Nc5nccs5)c4=O)n3)cc2)CC1)c1ccc2c(N)c(C(=O)N[C@H]3CCc4cc(N5C[C@H]6CC[C@@H](C5)N6)ccc4C3)sc2n1. The molecular formula is C56H58N14O4S3. The molecule has 18 nitrogen and oxygen atoms in total. The van der Waals surface area contributed by atoms with E-state index in [1.807, 2.05) is 66.9 Å². The molecule has 394 valence electrons. The van der Waals surface area contributed by atoms with Crippen molar-refractivity contribution in [3.8, 4) is 27.6 Å². The van der Waals surface area contributed by atoms with Gasteiger partial charge in [0, 0.05) is 94.9 Å². The number of likely N-dealkylation sites (tertiary alicyclic amines) is 1. The average molecular weight is 1090 g/mol. The quantitative estimate of drug-likeness (QED) is 0.0532. The molecule has 77 heavy (non-hydrogen) atoms. The van der Waals surface area contributed by atoms with Gasteiger partial charge in [-0.2, -0.15) is 4.68 Å². The molecule has 0 saturated carbocycles. The highest BCUT2D eigenvalue weighted by molar-refractivity contribution is 7.21. The van der Waals surface area contributed by atoms with Crippen molar-refractivity contribution in [2.45, 2.75) is 76.0 Å². The number of carbonyl (C=O) groups excluding carboxylic acids is 3. The van der Waals surface area contributed by atoms with E-state index in [9.17, 15) is 19.2 Å². The number of aromatic nitrogens is 5. The Balaban J connectivity index is 0.591. The Bertz CT molecular complexity index is 3530. The predicted octanol–water partition coefficient (Wildman–Crippen LogP) is 8.57. The van der Waals surface area contributed by atoms with Crippen LogP contribution in [0.5, 0.6) is 0 Å². The Kier molecular flexibility index (Phi) is 14.3. The molecule has 0 spiro atoms. The van der Waals surface area contributed by atoms with Gasteiger partial charge in [0.1, 0.15) is 9.71 Å². The molecule has 21 heteroatoms. The zero-order chi connectivity index (χ0) is 52.6. The van der Waals surface area contributed by atoms with E-state index < -0.39 is 5.56 Å². The monoisotopic (exact) mass is 1090 g/mol. The summed E-state index contributed by atoms with van der Waals surface area (Å²) >= 11 is 3.92. The lowest BCUT2D eigenvalue weighted by atomic mass is 9.87. The van der Waals surface area contributed by atoms with Crippen molar-refractivity contribution in [2.24, 2.45) is 16.1 Å². The summed E-state index contributed by atoms with van der Waals surface area (Å²) in [6.45, 7) is 6.66. The molecule has 3 amide bonds. The van der Waals surface area contributed by atoms with Crippen molar-refractivity contribution >= 4 is 84.1 Å². The number of aromatic amines is 1. The van der Waals surface area contributed by atoms with Crippen LogP contribution in [-0.2, 0) is 17.6 Å². The van der Waals surface area contributed by atoms with Crippen molar-refractivity contribution in [3.63, 3.8) is 0 Å². The second kappa shape index (κ2) is 21.9. The smallest absolute Gasteiger partial charge is 0.301 e. The normalized spacial score (nSPS) is 19.1. The largest absolute Gasteiger partial charge is 0.397 e. The number of rotatable bonds is 15. The number of thiazole rings is 2. The Morgan fingerprint density at radius 3 is 2.45 bits per heavy atom. The van der Waals surface area contributed by atoms with Crippen LogP contribution in [-0.4, -0.2) is 105 Å². The first-order chi connectivity index (χ1) is 37.6. The molecule has 2 bridgehead atoms. The van der Waals surface area contributed by atoms with Gasteiger partial charge in [-0.3, -0.25) is 24.3 Å². The molecule has 0 radical (unpaired) electrons. The van der Waals surface area contributed by atoms with Gasteiger partial charge >= 0.3 is 5.56 Å². The van der Waals surface area contributed by atoms with Crippen LogP contribution < -0.4 is 37.5 Å². The Morgan fingerprint density at radius 1 is 0.870 bits per heavy atom. The first kappa shape index (κ1) is 50.4. The number of anilines is 2. The number of piperidine rings is 1. The van der Waals surface area contributed by atoms with Crippen molar-refractivity contribution in [1.82, 2.24) is 50.9 Å². The van der Waals surface area contributed by atoms with Crippen LogP contribution in [0.4, 0.5) is 22.2 Å². The number of pyridine rings is 1. The summed E-state index contributed by atoms with van der Waals surface area (Å²) < 4.78 is 1.37. The minimum atomic E-state index is -0.392. The number of amides is 3. The minimum absolute atomic E-state index is 0.00775. The van der Waals surface area contributed by atoms with Crippen LogP contribution >= 0.6 is 34.0 Å². The third kappa shape index (κ3) is 10.8. The maximum Gasteiger partial charge on any atom is 0.301 e. The summed E-state index contributed by atoms with van der Waals surface area (Å²) in [7, 11) is 0. The topological polar surface area (TPSA) is 233 Å². The Labute approximate surface area is 456 Å². The third-order valence-corrected chi connectivity index (χ3v) is 17.9. The van der Waals surface area contributed by atoms with E-state index in [0.29, 0.717) is 86.3 Å². The highest BCUT2D eigenvalue weighted by Crippen LogP contribution is 2.36. The maximum atomic E-state index is 13.7. The van der Waals surface area contributed by atoms with E-state index in [4.69, 9.17) is 15.7 Å². The molecule has 3 aliphatic heterocycles. The lowest BCUT2D eigenvalue weighted by molar-refractivity contribution is -0.127. The number of azo groups is 1. The molecule has 7 N–H and O–H groups in total. The van der Waals surface area contributed by atoms with Crippen molar-refractivity contribution in [2.75, 3.05) is 49.9 Å². The first-order valence-electron chi connectivity index (χ1n) is 26.3. The second-order valence-corrected chi connectivity index (χ2v) is 23.1. The van der Waals surface area contributed by atoms with Crippen LogP contribution in [0.2, 0.25) is 0 Å². The van der Waals surface area contributed by atoms with Crippen LogP contribution in [0.25, 0.3) is 37.9 Å². The highest BCUT2D eigenvalue weighted by Gasteiger charge is 2.33. The standard InChI is InChI=1S/C56H58N14O4S3/c1-32(44-18-17-43-46(57)49(77-53(43)63-44)52(73)62-39-13-11-38-28-42(16-12-37(38)27-39)69-29-40-14-15-41(30-69)61-40)60-51(72)36-19-23-68(24-20-36)25-21-58-50(71)35-9-7-33(8-10-35)45-31-76-56(64-45)70-54(74)48(65-66-55-59-22-26-75-55)47(67-70)34-5-3-2-4-6-34/h2-10,12,16-18,22,26,28,31-32,36,39-41,61,67H,11,13-15,19-21,23-25,27,29-30,57H2,1H3,(H,58,71)(H,60,72)(H,62,73)/t32?,39-,40-,41+/m0/s1. The lowest BCUT2D eigenvalue weighted by Gasteiger charge is -2.35. The fourth-order valence-electron chi connectivity index (χ4n) is 11.1. The molecule has 4 atom stereocenters. The molecule has 4 aliphatic rings. The molecule has 1 unspecified atom stereocenters. The number of H-pyrrole nitrogens is 1. The van der Waals surface area contributed by atoms with Gasteiger partial charge < -0.3 is 36.8 Å². The predicted molar refractivity (Wildman–Crippen MR) is 303 cm³/mol. The number of piperazine rings is 1. The molecular weight excluding hydrogens is 1030 g/mol. The highest BCUT2D eigenvalue weighted by atomic mass is 32.1. The number of fused-ring (bicyclic) bond motifs is 4. The van der Waals surface area contributed by atoms with Crippen LogP contribution in [0, 0.1) is 5.92 Å². The third-order valence-electron chi connectivity index (χ3n) is 15.3. The fraction of sp³-hybridized carbons (Fsp3) is 0.339. The van der Waals surface area contributed by atoms with E-state index in [0.717, 1.165) is 62.0 Å². The zero-order valence-corrected chi connectivity index (χ0v) is 44.9. The molecule has 5 aromatic heterocycles. The van der Waals surface area contributed by atoms with Crippen molar-refractivity contribution in [3.05, 3.63) is 140 Å². The van der Waals surface area contributed by atoms with E-state index in [1.165, 1.54) is 68.3 Å². The molecule has 8 aromatic rings. The van der Waals surface area contributed by atoms with E-state index in [-0.39, 0.29) is 41.4 Å². The first-order valence-corrected chi connectivity index (χ1v) is 28.9. The van der Waals surface area contributed by atoms with Gasteiger partial charge in [0.05, 0.1) is 28.8 Å². The molecule has 3 saturated heterocycles. The van der Waals surface area contributed by atoms with Gasteiger partial charge in [0.15, 0.2) is 5.69 Å². The van der Waals surface area contributed by atoms with E-state index in [2.05, 4.69) is 69.6 Å². The molecule has 12 rings (SSSR count). The number of carbonyl (C=O) groups is 3. The molecule has 8 heterocycles. The number of thiophene rings is 1. The number of nitrogens with one attached hydrogen (secondary N) is 5. The Morgan fingerprint density at radius 2 is 1.68 bits per heavy atom. The van der Waals surface area contributed by atoms with E-state index >= 15 is 0 Å². The molecule has 3 fully saturated rings. The number of nitrogen functional groups attached to an aromatic ring is 1. The van der Waals surface area contributed by atoms with Gasteiger partial charge in [-0.05, 0) is 112 Å². The Hall–Kier alpha value is -7.43. The number of aryl methyl sites for hydroxylation is 1. The summed E-state index contributed by atoms with van der Waals surface area (Å²) in [4.78, 5) is 73.8. The van der Waals surface area contributed by atoms with E-state index in [1.54, 1.807) is 23.7 Å². The van der Waals surface area contributed by atoms with Crippen LogP contribution in [0.15, 0.2) is 117 Å². The minimum Gasteiger partial charge on any atom is -0.397 e. The number of nitrogens with two attached hydrogens (primary N) is 1. The summed E-state index contributed by atoms with van der Waals surface area (Å²) in [5.41, 5.74) is 14.7. The average Bonchev–Trinajstić information content (AvgIpc) is 4.35. The molecule has 3 aromatic carbocycles. The fourth-order valence-corrected chi connectivity index (χ4v) is 13.4. The van der Waals surface area contributed by atoms with Crippen LogP contribution in [0.1, 0.15) is 81.9 Å². The number of benzene rings is 3. The van der Waals surface area contributed by atoms with Gasteiger partial charge in [-0.1, -0.05) is 48.5 Å². The summed E-state index contributed by atoms with van der Waals surface area (Å²) in [5.74, 6) is -0.500. The number of hydrogen-bond acceptors (Lipinski definition) is 16. The second-order valence-electron chi connectivity index (χ2n) is 20.4. The lowest BCUT2D eigenvalue weighted by Crippen LogP contribution is -2.51. The number of nitrogens with zero attached hydrogens (tertiary/aromatic N) is 8. The summed E-state index contributed by atoms with van der Waals surface area (Å²) in [6, 6.07) is 28.2. The van der Waals surface area contributed by atoms with Crippen molar-refractivity contribution < 1.29 is 14.4 Å². The zero-order valence-electron chi connectivity index (χ0n) is 42.4. The van der Waals surface area contributed by atoms with Crippen LogP contribution in [0.3, 0.4) is 0 Å². The maximum absolute atomic E-state index is 13.7. The van der Waals surface area contributed by atoms with Crippen molar-refractivity contribution in [1.29, 1.82) is 0 Å².